The molecular weight excluding hydrogens is 126 g/mol. The topological polar surface area (TPSA) is 43.1 Å². The maximum absolute atomic E-state index is 11.1. The van der Waals surface area contributed by atoms with Crippen molar-refractivity contribution >= 4 is 5.78 Å². The molecule has 0 heterocycles. The van der Waals surface area contributed by atoms with Gasteiger partial charge in [-0.05, 0) is 26.2 Å². The minimum Gasteiger partial charge on any atom is -0.328 e. The minimum atomic E-state index is -0.0978. The molecule has 1 saturated carbocycles. The average molecular weight is 141 g/mol. The highest BCUT2D eigenvalue weighted by Gasteiger charge is 2.36. The SMILES string of the molecule is CC(=O)[C@@]1(C)CC[C@H](N)C1. The number of Topliss-reactive ketones (excluding diaryl/α,β-unsaturated/α-hetero) is 1. The van der Waals surface area contributed by atoms with Crippen LogP contribution in [-0.4, -0.2) is 11.8 Å². The molecular formula is C8H15NO. The van der Waals surface area contributed by atoms with Crippen LogP contribution < -0.4 is 5.73 Å². The molecule has 1 rings (SSSR count). The molecule has 0 aliphatic heterocycles. The Labute approximate surface area is 61.8 Å². The smallest absolute Gasteiger partial charge is 0.135 e. The largest absolute Gasteiger partial charge is 0.328 e. The van der Waals surface area contributed by atoms with E-state index >= 15 is 0 Å². The van der Waals surface area contributed by atoms with Gasteiger partial charge in [0, 0.05) is 11.5 Å². The van der Waals surface area contributed by atoms with Crippen LogP contribution >= 0.6 is 0 Å². The lowest BCUT2D eigenvalue weighted by Crippen LogP contribution is -2.25. The third-order valence-corrected chi connectivity index (χ3v) is 2.63. The van der Waals surface area contributed by atoms with Gasteiger partial charge in [0.15, 0.2) is 0 Å². The summed E-state index contributed by atoms with van der Waals surface area (Å²) in [6, 6.07) is 0.258. The summed E-state index contributed by atoms with van der Waals surface area (Å²) in [5, 5.41) is 0. The molecule has 2 nitrogen and oxygen atoms in total. The van der Waals surface area contributed by atoms with E-state index in [9.17, 15) is 4.79 Å². The lowest BCUT2D eigenvalue weighted by atomic mass is 9.85. The van der Waals surface area contributed by atoms with Gasteiger partial charge in [0.2, 0.25) is 0 Å². The maximum Gasteiger partial charge on any atom is 0.135 e. The van der Waals surface area contributed by atoms with Crippen molar-refractivity contribution in [2.45, 2.75) is 39.2 Å². The van der Waals surface area contributed by atoms with Crippen molar-refractivity contribution in [1.29, 1.82) is 0 Å². The van der Waals surface area contributed by atoms with Gasteiger partial charge < -0.3 is 5.73 Å². The van der Waals surface area contributed by atoms with Gasteiger partial charge in [0.25, 0.3) is 0 Å². The van der Waals surface area contributed by atoms with Gasteiger partial charge in [0.05, 0.1) is 0 Å². The van der Waals surface area contributed by atoms with Crippen LogP contribution in [0.25, 0.3) is 0 Å². The van der Waals surface area contributed by atoms with Crippen LogP contribution in [-0.2, 0) is 4.79 Å². The van der Waals surface area contributed by atoms with Crippen molar-refractivity contribution in [3.63, 3.8) is 0 Å². The van der Waals surface area contributed by atoms with Crippen LogP contribution in [0.1, 0.15) is 33.1 Å². The van der Waals surface area contributed by atoms with Crippen LogP contribution in [0, 0.1) is 5.41 Å². The molecule has 2 atom stereocenters. The number of carbonyl (C=O) groups excluding carboxylic acids is 1. The summed E-state index contributed by atoms with van der Waals surface area (Å²) in [5.74, 6) is 0.292. The molecule has 0 unspecified atom stereocenters. The summed E-state index contributed by atoms with van der Waals surface area (Å²) in [5.41, 5.74) is 5.60. The lowest BCUT2D eigenvalue weighted by Gasteiger charge is -2.18. The first-order valence-electron chi connectivity index (χ1n) is 3.81. The van der Waals surface area contributed by atoms with E-state index in [1.54, 1.807) is 6.92 Å². The number of rotatable bonds is 1. The number of nitrogens with two attached hydrogens (primary N) is 1. The summed E-state index contributed by atoms with van der Waals surface area (Å²) in [6.07, 6.45) is 2.86. The van der Waals surface area contributed by atoms with E-state index in [-0.39, 0.29) is 11.5 Å². The third kappa shape index (κ3) is 1.21. The summed E-state index contributed by atoms with van der Waals surface area (Å²) < 4.78 is 0. The van der Waals surface area contributed by atoms with Gasteiger partial charge in [-0.2, -0.15) is 0 Å². The molecule has 0 spiro atoms. The summed E-state index contributed by atoms with van der Waals surface area (Å²) >= 11 is 0. The molecule has 1 aliphatic rings. The Morgan fingerprint density at radius 2 is 2.30 bits per heavy atom. The fourth-order valence-corrected chi connectivity index (χ4v) is 1.61. The molecule has 0 amide bonds. The molecule has 10 heavy (non-hydrogen) atoms. The van der Waals surface area contributed by atoms with Crippen molar-refractivity contribution in [2.75, 3.05) is 0 Å². The zero-order valence-electron chi connectivity index (χ0n) is 6.68. The molecule has 0 aromatic rings. The first-order chi connectivity index (χ1) is 4.54. The normalized spacial score (nSPS) is 40.1. The van der Waals surface area contributed by atoms with Crippen molar-refractivity contribution in [3.05, 3.63) is 0 Å². The van der Waals surface area contributed by atoms with Gasteiger partial charge >= 0.3 is 0 Å². The Kier molecular flexibility index (Phi) is 1.82. The molecule has 0 radical (unpaired) electrons. The Balaban J connectivity index is 2.63. The molecule has 0 aromatic heterocycles. The fourth-order valence-electron chi connectivity index (χ4n) is 1.61. The van der Waals surface area contributed by atoms with Crippen molar-refractivity contribution in [1.82, 2.24) is 0 Å². The number of hydrogen-bond donors (Lipinski definition) is 1. The molecule has 0 aromatic carbocycles. The Hall–Kier alpha value is -0.370. The van der Waals surface area contributed by atoms with Crippen molar-refractivity contribution in [2.24, 2.45) is 11.1 Å². The molecule has 58 valence electrons. The molecule has 2 N–H and O–H groups in total. The number of ketones is 1. The molecule has 0 saturated heterocycles. The van der Waals surface area contributed by atoms with Gasteiger partial charge in [-0.15, -0.1) is 0 Å². The van der Waals surface area contributed by atoms with E-state index in [2.05, 4.69) is 0 Å². The molecule has 0 bridgehead atoms. The van der Waals surface area contributed by atoms with E-state index < -0.39 is 0 Å². The van der Waals surface area contributed by atoms with Gasteiger partial charge in [-0.1, -0.05) is 6.92 Å². The Morgan fingerprint density at radius 3 is 2.50 bits per heavy atom. The second kappa shape index (κ2) is 2.35. The predicted octanol–water partition coefficient (Wildman–Crippen LogP) is 1.09. The van der Waals surface area contributed by atoms with E-state index in [4.69, 9.17) is 5.73 Å². The summed E-state index contributed by atoms with van der Waals surface area (Å²) in [7, 11) is 0. The zero-order valence-corrected chi connectivity index (χ0v) is 6.68. The van der Waals surface area contributed by atoms with Crippen LogP contribution in [0.5, 0.6) is 0 Å². The van der Waals surface area contributed by atoms with Gasteiger partial charge in [-0.25, -0.2) is 0 Å². The number of hydrogen-bond acceptors (Lipinski definition) is 2. The van der Waals surface area contributed by atoms with Crippen molar-refractivity contribution < 1.29 is 4.79 Å². The first-order valence-corrected chi connectivity index (χ1v) is 3.81. The van der Waals surface area contributed by atoms with Crippen LogP contribution in [0.3, 0.4) is 0 Å². The highest BCUT2D eigenvalue weighted by atomic mass is 16.1. The average Bonchev–Trinajstić information content (AvgIpc) is 2.13. The summed E-state index contributed by atoms with van der Waals surface area (Å²) in [4.78, 5) is 11.1. The minimum absolute atomic E-state index is 0.0978. The fraction of sp³-hybridized carbons (Fsp3) is 0.875. The summed E-state index contributed by atoms with van der Waals surface area (Å²) in [6.45, 7) is 3.68. The highest BCUT2D eigenvalue weighted by molar-refractivity contribution is 5.82. The predicted molar refractivity (Wildman–Crippen MR) is 40.6 cm³/mol. The Morgan fingerprint density at radius 1 is 1.70 bits per heavy atom. The standard InChI is InChI=1S/C8H15NO/c1-6(10)8(2)4-3-7(9)5-8/h7H,3-5,9H2,1-2H3/t7-,8-/m0/s1. The molecule has 2 heteroatoms. The first kappa shape index (κ1) is 7.73. The van der Waals surface area contributed by atoms with E-state index in [1.807, 2.05) is 6.92 Å². The monoisotopic (exact) mass is 141 g/mol. The third-order valence-electron chi connectivity index (χ3n) is 2.63. The molecule has 1 aliphatic carbocycles. The Bertz CT molecular complexity index is 155. The van der Waals surface area contributed by atoms with E-state index in [0.717, 1.165) is 19.3 Å². The van der Waals surface area contributed by atoms with E-state index in [0.29, 0.717) is 5.78 Å². The zero-order chi connectivity index (χ0) is 7.78. The maximum atomic E-state index is 11.1. The second-order valence-corrected chi connectivity index (χ2v) is 3.62. The second-order valence-electron chi connectivity index (χ2n) is 3.62. The van der Waals surface area contributed by atoms with E-state index in [1.165, 1.54) is 0 Å². The van der Waals surface area contributed by atoms with Gasteiger partial charge in [0.1, 0.15) is 5.78 Å². The lowest BCUT2D eigenvalue weighted by molar-refractivity contribution is -0.125. The van der Waals surface area contributed by atoms with Crippen LogP contribution in [0.4, 0.5) is 0 Å². The van der Waals surface area contributed by atoms with Crippen molar-refractivity contribution in [3.8, 4) is 0 Å². The number of carbonyl (C=O) groups is 1. The van der Waals surface area contributed by atoms with Crippen LogP contribution in [0.2, 0.25) is 0 Å². The van der Waals surface area contributed by atoms with Crippen LogP contribution in [0.15, 0.2) is 0 Å². The van der Waals surface area contributed by atoms with Gasteiger partial charge in [-0.3, -0.25) is 4.79 Å². The molecule has 1 fully saturated rings. The highest BCUT2D eigenvalue weighted by Crippen LogP contribution is 2.37. The quantitative estimate of drug-likeness (QED) is 0.594.